The molecule has 0 aromatic heterocycles. The lowest BCUT2D eigenvalue weighted by Crippen LogP contribution is -2.31. The number of hydrogen-bond donors (Lipinski definition) is 0. The van der Waals surface area contributed by atoms with E-state index in [2.05, 4.69) is 32.7 Å². The Hall–Kier alpha value is -0.548. The van der Waals surface area contributed by atoms with Crippen LogP contribution in [0.4, 0.5) is 0 Å². The van der Waals surface area contributed by atoms with Gasteiger partial charge in [-0.2, -0.15) is 0 Å². The summed E-state index contributed by atoms with van der Waals surface area (Å²) in [7, 11) is 6.84. The molecule has 3 unspecified atom stereocenters. The second kappa shape index (κ2) is 25.5. The lowest BCUT2D eigenvalue weighted by atomic mass is 10.0. The van der Waals surface area contributed by atoms with E-state index in [9.17, 15) is 4.79 Å². The summed E-state index contributed by atoms with van der Waals surface area (Å²) in [6, 6.07) is -0.414. The van der Waals surface area contributed by atoms with E-state index >= 15 is 0 Å². The van der Waals surface area contributed by atoms with Crippen LogP contribution in [0.25, 0.3) is 10.4 Å². The molecule has 0 fully saturated rings. The van der Waals surface area contributed by atoms with Gasteiger partial charge in [0.25, 0.3) is 0 Å². The zero-order valence-corrected chi connectivity index (χ0v) is 24.2. The van der Waals surface area contributed by atoms with E-state index in [0.29, 0.717) is 19.4 Å². The minimum atomic E-state index is -1.38. The van der Waals surface area contributed by atoms with Crippen molar-refractivity contribution in [1.29, 1.82) is 0 Å². The molecule has 0 heterocycles. The third-order valence-corrected chi connectivity index (χ3v) is 7.21. The second-order valence-corrected chi connectivity index (χ2v) is 12.1. The van der Waals surface area contributed by atoms with Gasteiger partial charge < -0.3 is 9.16 Å². The van der Waals surface area contributed by atoms with Gasteiger partial charge in [-0.25, -0.2) is 0 Å². The number of esters is 1. The summed E-state index contributed by atoms with van der Waals surface area (Å²) in [5, 5.41) is 3.96. The van der Waals surface area contributed by atoms with Crippen LogP contribution >= 0.6 is 8.79 Å². The zero-order chi connectivity index (χ0) is 25.3. The number of azide groups is 1. The quantitative estimate of drug-likeness (QED) is 0.0237. The van der Waals surface area contributed by atoms with E-state index in [1.807, 2.05) is 0 Å². The Morgan fingerprint density at radius 3 is 1.88 bits per heavy atom. The summed E-state index contributed by atoms with van der Waals surface area (Å²) in [5.41, 5.74) is 9.07. The third-order valence-electron chi connectivity index (χ3n) is 6.17. The van der Waals surface area contributed by atoms with E-state index in [1.54, 1.807) is 0 Å². The normalized spacial score (nSPS) is 12.9. The molecule has 0 N–H and O–H groups in total. The number of rotatable bonds is 25. The van der Waals surface area contributed by atoms with Crippen LogP contribution in [-0.4, -0.2) is 40.7 Å². The second-order valence-electron chi connectivity index (χ2n) is 9.33. The summed E-state index contributed by atoms with van der Waals surface area (Å²) in [6.45, 7) is 4.86. The van der Waals surface area contributed by atoms with Crippen molar-refractivity contribution in [2.24, 2.45) is 5.11 Å². The summed E-state index contributed by atoms with van der Waals surface area (Å²) < 4.78 is 11.4. The molecule has 0 aromatic rings. The van der Waals surface area contributed by atoms with Crippen molar-refractivity contribution in [3.8, 4) is 0 Å². The molecule has 0 saturated carbocycles. The summed E-state index contributed by atoms with van der Waals surface area (Å²) in [5.74, 6) is -0.177. The Kier molecular flexibility index (Phi) is 25.1. The van der Waals surface area contributed by atoms with Gasteiger partial charge in [-0.05, 0) is 31.2 Å². The number of ether oxygens (including phenoxy) is 1. The number of unbranched alkanes of at least 4 members (excludes halogenated alkanes) is 14. The highest BCUT2D eigenvalue weighted by Crippen LogP contribution is 2.20. The Bertz CT molecular complexity index is 526. The molecule has 0 aliphatic heterocycles. The summed E-state index contributed by atoms with van der Waals surface area (Å²) in [4.78, 5) is 15.6. The SMILES string of the molecule is [B][Si](P)OCCC(N=[N+]=[N-])C(CCCCCCCCCC)OC(=O)CCCCCCCCCC. The average Bonchev–Trinajstić information content (AvgIpc) is 2.81. The van der Waals surface area contributed by atoms with Gasteiger partial charge in [0.1, 0.15) is 6.10 Å². The predicted octanol–water partition coefficient (Wildman–Crippen LogP) is 8.07. The van der Waals surface area contributed by atoms with E-state index in [4.69, 9.17) is 22.1 Å². The predicted molar refractivity (Wildman–Crippen MR) is 149 cm³/mol. The van der Waals surface area contributed by atoms with E-state index < -0.39 is 14.6 Å². The van der Waals surface area contributed by atoms with E-state index in [1.165, 1.54) is 77.0 Å². The molecule has 6 nitrogen and oxygen atoms in total. The lowest BCUT2D eigenvalue weighted by molar-refractivity contribution is -0.150. The maximum Gasteiger partial charge on any atom is 0.306 e. The van der Waals surface area contributed by atoms with Crippen molar-refractivity contribution < 1.29 is 14.0 Å². The smallest absolute Gasteiger partial charge is 0.306 e. The third kappa shape index (κ3) is 21.9. The summed E-state index contributed by atoms with van der Waals surface area (Å²) >= 11 is 0. The first-order valence-electron chi connectivity index (χ1n) is 13.8. The standard InChI is InChI=1S/C25H50BN3O3PSi/c1-3-5-7-9-11-13-15-17-19-24(23(28-29-27)21-22-31-34(26)33)32-25(30)20-18-16-14-12-10-8-6-4-2/h23-24H,3-22,33H2,1-2H3. The van der Waals surface area contributed by atoms with Crippen LogP contribution in [-0.2, 0) is 14.0 Å². The topological polar surface area (TPSA) is 84.3 Å². The molecule has 0 aliphatic rings. The Morgan fingerprint density at radius 2 is 1.38 bits per heavy atom. The molecule has 3 atom stereocenters. The van der Waals surface area contributed by atoms with Gasteiger partial charge in [0.15, 0.2) is 8.58 Å². The minimum absolute atomic E-state index is 0.177. The number of carbonyl (C=O) groups is 1. The van der Waals surface area contributed by atoms with E-state index in [0.717, 1.165) is 32.1 Å². The highest BCUT2D eigenvalue weighted by Gasteiger charge is 2.24. The van der Waals surface area contributed by atoms with Crippen LogP contribution in [0.5, 0.6) is 0 Å². The summed E-state index contributed by atoms with van der Waals surface area (Å²) in [6.07, 6.45) is 20.5. The van der Waals surface area contributed by atoms with Crippen molar-refractivity contribution in [3.05, 3.63) is 10.4 Å². The van der Waals surface area contributed by atoms with Crippen molar-refractivity contribution in [2.45, 2.75) is 148 Å². The van der Waals surface area contributed by atoms with Gasteiger partial charge in [0.05, 0.1) is 13.5 Å². The molecule has 3 radical (unpaired) electrons. The first kappa shape index (κ1) is 33.5. The molecule has 0 amide bonds. The zero-order valence-electron chi connectivity index (χ0n) is 22.0. The molecule has 0 saturated heterocycles. The molecule has 0 rings (SSSR count). The molecular weight excluding hydrogens is 460 g/mol. The van der Waals surface area contributed by atoms with Gasteiger partial charge >= 0.3 is 5.97 Å². The Labute approximate surface area is 214 Å². The molecular formula is C25H50BN3O3PSi. The lowest BCUT2D eigenvalue weighted by Gasteiger charge is -2.24. The minimum Gasteiger partial charge on any atom is -0.462 e. The largest absolute Gasteiger partial charge is 0.462 e. The Balaban J connectivity index is 4.51. The number of carbonyl (C=O) groups excluding carboxylic acids is 1. The molecule has 0 bridgehead atoms. The molecule has 34 heavy (non-hydrogen) atoms. The van der Waals surface area contributed by atoms with Gasteiger partial charge in [-0.3, -0.25) is 4.79 Å². The highest BCUT2D eigenvalue weighted by molar-refractivity contribution is 7.70. The van der Waals surface area contributed by atoms with Crippen LogP contribution in [0.3, 0.4) is 0 Å². The van der Waals surface area contributed by atoms with E-state index in [-0.39, 0.29) is 12.1 Å². The first-order chi connectivity index (χ1) is 16.5. The van der Waals surface area contributed by atoms with Gasteiger partial charge in [-0.15, -0.1) is 8.79 Å². The monoisotopic (exact) mass is 510 g/mol. The molecule has 0 aliphatic carbocycles. The van der Waals surface area contributed by atoms with Crippen molar-refractivity contribution >= 4 is 30.8 Å². The van der Waals surface area contributed by atoms with Crippen molar-refractivity contribution in [3.63, 3.8) is 0 Å². The van der Waals surface area contributed by atoms with Gasteiger partial charge in [0, 0.05) is 17.9 Å². The fraction of sp³-hybridized carbons (Fsp3) is 0.960. The first-order valence-corrected chi connectivity index (χ1v) is 17.1. The maximum absolute atomic E-state index is 12.5. The van der Waals surface area contributed by atoms with Gasteiger partial charge in [-0.1, -0.05) is 109 Å². The van der Waals surface area contributed by atoms with Gasteiger partial charge in [0.2, 0.25) is 0 Å². The molecule has 9 heteroatoms. The highest BCUT2D eigenvalue weighted by atomic mass is 31.3. The van der Waals surface area contributed by atoms with Crippen LogP contribution < -0.4 is 0 Å². The van der Waals surface area contributed by atoms with Crippen LogP contribution in [0.2, 0.25) is 0 Å². The molecule has 195 valence electrons. The van der Waals surface area contributed by atoms with Crippen molar-refractivity contribution in [2.75, 3.05) is 6.61 Å². The maximum atomic E-state index is 12.5. The fourth-order valence-electron chi connectivity index (χ4n) is 4.12. The average molecular weight is 511 g/mol. The van der Waals surface area contributed by atoms with Crippen molar-refractivity contribution in [1.82, 2.24) is 0 Å². The van der Waals surface area contributed by atoms with Crippen LogP contribution in [0.1, 0.15) is 136 Å². The van der Waals surface area contributed by atoms with Crippen LogP contribution in [0, 0.1) is 0 Å². The molecule has 0 spiro atoms. The van der Waals surface area contributed by atoms with Crippen LogP contribution in [0.15, 0.2) is 5.11 Å². The number of hydrogen-bond acceptors (Lipinski definition) is 4. The Morgan fingerprint density at radius 1 is 0.882 bits per heavy atom. The molecule has 0 aromatic carbocycles. The number of nitrogens with zero attached hydrogens (tertiary/aromatic N) is 3. The fourth-order valence-corrected chi connectivity index (χ4v) is 4.83.